The molecule has 1 saturated heterocycles. The lowest BCUT2D eigenvalue weighted by Gasteiger charge is -2.19. The topological polar surface area (TPSA) is 66.5 Å². The Bertz CT molecular complexity index is 529. The van der Waals surface area contributed by atoms with Crippen molar-refractivity contribution in [3.05, 3.63) is 24.3 Å². The second-order valence-corrected chi connectivity index (χ2v) is 5.88. The third-order valence-corrected chi connectivity index (χ3v) is 3.61. The fourth-order valence-corrected chi connectivity index (χ4v) is 2.60. The lowest BCUT2D eigenvalue weighted by Crippen LogP contribution is -2.33. The summed E-state index contributed by atoms with van der Waals surface area (Å²) in [6.07, 6.45) is 0.344. The molecule has 0 bridgehead atoms. The number of carbonyl (C=O) groups excluding carboxylic acids is 1. The maximum atomic E-state index is 11.3. The molecule has 7 heteroatoms. The van der Waals surface area contributed by atoms with Crippen molar-refractivity contribution in [2.45, 2.75) is 11.3 Å². The summed E-state index contributed by atoms with van der Waals surface area (Å²) in [5.41, 5.74) is 2.95. The summed E-state index contributed by atoms with van der Waals surface area (Å²) in [6.45, 7) is 0.433. The van der Waals surface area contributed by atoms with Crippen LogP contribution in [-0.4, -0.2) is 20.9 Å². The third kappa shape index (κ3) is 2.12. The lowest BCUT2D eigenvalue weighted by molar-refractivity contribution is -0.119. The van der Waals surface area contributed by atoms with Crippen LogP contribution in [0.25, 0.3) is 0 Å². The summed E-state index contributed by atoms with van der Waals surface area (Å²) in [4.78, 5) is 11.1. The van der Waals surface area contributed by atoms with Crippen LogP contribution in [-0.2, 0) is 13.8 Å². The van der Waals surface area contributed by atoms with Gasteiger partial charge in [-0.05, 0) is 12.1 Å². The van der Waals surface area contributed by atoms with Crippen molar-refractivity contribution < 1.29 is 13.2 Å². The maximum absolute atomic E-state index is 11.3. The minimum Gasteiger partial charge on any atom is -0.284 e. The van der Waals surface area contributed by atoms with E-state index in [1.165, 1.54) is 11.1 Å². The fraction of sp³-hybridized carbons (Fsp3) is 0.222. The zero-order valence-corrected chi connectivity index (χ0v) is 9.75. The highest BCUT2D eigenvalue weighted by molar-refractivity contribution is 8.13. The molecule has 1 aliphatic heterocycles. The van der Waals surface area contributed by atoms with Crippen LogP contribution in [0.15, 0.2) is 29.2 Å². The highest BCUT2D eigenvalue weighted by atomic mass is 35.7. The van der Waals surface area contributed by atoms with Crippen LogP contribution >= 0.6 is 10.7 Å². The van der Waals surface area contributed by atoms with Crippen molar-refractivity contribution >= 4 is 31.3 Å². The number of hydrogen-bond acceptors (Lipinski definition) is 4. The Kier molecular flexibility index (Phi) is 2.77. The summed E-state index contributed by atoms with van der Waals surface area (Å²) < 4.78 is 22.6. The predicted molar refractivity (Wildman–Crippen MR) is 59.6 cm³/mol. The monoisotopic (exact) mass is 260 g/mol. The van der Waals surface area contributed by atoms with Crippen LogP contribution < -0.4 is 10.4 Å². The molecule has 86 valence electrons. The van der Waals surface area contributed by atoms with Crippen LogP contribution in [0, 0.1) is 0 Å². The first-order valence-electron chi connectivity index (χ1n) is 4.59. The van der Waals surface area contributed by atoms with E-state index in [4.69, 9.17) is 10.7 Å². The molecule has 1 aliphatic rings. The van der Waals surface area contributed by atoms with Crippen molar-refractivity contribution in [1.29, 1.82) is 0 Å². The van der Waals surface area contributed by atoms with Crippen LogP contribution in [0.3, 0.4) is 0 Å². The smallest absolute Gasteiger partial charge is 0.263 e. The molecule has 0 atom stereocenters. The van der Waals surface area contributed by atoms with Crippen molar-refractivity contribution in [1.82, 2.24) is 5.43 Å². The van der Waals surface area contributed by atoms with Crippen molar-refractivity contribution in [2.75, 3.05) is 11.6 Å². The van der Waals surface area contributed by atoms with Gasteiger partial charge in [0.25, 0.3) is 9.05 Å². The average Bonchev–Trinajstić information content (AvgIpc) is 2.64. The number of hydrogen-bond donors (Lipinski definition) is 1. The summed E-state index contributed by atoms with van der Waals surface area (Å²) in [7, 11) is 1.50. The SMILES string of the molecule is O=C1CCN(c2ccccc2S(=O)(=O)Cl)N1. The second kappa shape index (κ2) is 3.95. The van der Waals surface area contributed by atoms with Crippen molar-refractivity contribution in [2.24, 2.45) is 0 Å². The van der Waals surface area contributed by atoms with Gasteiger partial charge in [-0.15, -0.1) is 0 Å². The van der Waals surface area contributed by atoms with Gasteiger partial charge >= 0.3 is 0 Å². The van der Waals surface area contributed by atoms with Gasteiger partial charge in [0.2, 0.25) is 5.91 Å². The minimum atomic E-state index is -3.81. The Labute approximate surface area is 97.4 Å². The van der Waals surface area contributed by atoms with Crippen molar-refractivity contribution in [3.8, 4) is 0 Å². The number of nitrogens with one attached hydrogen (secondary N) is 1. The van der Waals surface area contributed by atoms with Gasteiger partial charge in [-0.2, -0.15) is 0 Å². The van der Waals surface area contributed by atoms with Gasteiger partial charge in [-0.25, -0.2) is 8.42 Å². The lowest BCUT2D eigenvalue weighted by atomic mass is 10.3. The highest BCUT2D eigenvalue weighted by Crippen LogP contribution is 2.27. The van der Waals surface area contributed by atoms with E-state index < -0.39 is 9.05 Å². The number of nitrogens with zero attached hydrogens (tertiary/aromatic N) is 1. The molecule has 0 radical (unpaired) electrons. The molecule has 0 aromatic heterocycles. The highest BCUT2D eigenvalue weighted by Gasteiger charge is 2.24. The van der Waals surface area contributed by atoms with E-state index in [0.29, 0.717) is 18.7 Å². The van der Waals surface area contributed by atoms with Gasteiger partial charge < -0.3 is 0 Å². The first kappa shape index (κ1) is 11.2. The van der Waals surface area contributed by atoms with Crippen LogP contribution in [0.4, 0.5) is 5.69 Å². The van der Waals surface area contributed by atoms with E-state index in [1.807, 2.05) is 0 Å². The number of hydrazine groups is 1. The van der Waals surface area contributed by atoms with Crippen LogP contribution in [0.2, 0.25) is 0 Å². The number of anilines is 1. The zero-order chi connectivity index (χ0) is 11.8. The summed E-state index contributed by atoms with van der Waals surface area (Å²) in [6, 6.07) is 6.27. The molecule has 0 aliphatic carbocycles. The number of amides is 1. The molecule has 0 spiro atoms. The van der Waals surface area contributed by atoms with Crippen LogP contribution in [0.1, 0.15) is 6.42 Å². The molecular formula is C9H9ClN2O3S. The minimum absolute atomic E-state index is 0.00105. The van der Waals surface area contributed by atoms with Crippen LogP contribution in [0.5, 0.6) is 0 Å². The van der Waals surface area contributed by atoms with Crippen molar-refractivity contribution in [3.63, 3.8) is 0 Å². The molecule has 1 fully saturated rings. The van der Waals surface area contributed by atoms with Gasteiger partial charge in [0.15, 0.2) is 0 Å². The third-order valence-electron chi connectivity index (χ3n) is 2.24. The first-order valence-corrected chi connectivity index (χ1v) is 6.90. The van der Waals surface area contributed by atoms with E-state index in [9.17, 15) is 13.2 Å². The number of benzene rings is 1. The molecule has 5 nitrogen and oxygen atoms in total. The Morgan fingerprint density at radius 1 is 1.31 bits per heavy atom. The Balaban J connectivity index is 2.45. The average molecular weight is 261 g/mol. The normalized spacial score (nSPS) is 16.3. The van der Waals surface area contributed by atoms with Gasteiger partial charge in [0.05, 0.1) is 5.69 Å². The van der Waals surface area contributed by atoms with E-state index in [-0.39, 0.29) is 10.8 Å². The molecule has 1 aromatic rings. The van der Waals surface area contributed by atoms with E-state index in [1.54, 1.807) is 18.2 Å². The molecule has 16 heavy (non-hydrogen) atoms. The Morgan fingerprint density at radius 2 is 2.00 bits per heavy atom. The zero-order valence-electron chi connectivity index (χ0n) is 8.18. The molecule has 0 saturated carbocycles. The number of halogens is 1. The van der Waals surface area contributed by atoms with E-state index in [0.717, 1.165) is 0 Å². The van der Waals surface area contributed by atoms with Gasteiger partial charge in [-0.1, -0.05) is 12.1 Å². The number of para-hydroxylation sites is 1. The van der Waals surface area contributed by atoms with Gasteiger partial charge in [0.1, 0.15) is 4.90 Å². The molecule has 1 amide bonds. The standard InChI is InChI=1S/C9H9ClN2O3S/c10-16(14,15)8-4-2-1-3-7(8)12-6-5-9(13)11-12/h1-4H,5-6H2,(H,11,13). The summed E-state index contributed by atoms with van der Waals surface area (Å²) in [5, 5.41) is 1.48. The Morgan fingerprint density at radius 3 is 2.56 bits per heavy atom. The quantitative estimate of drug-likeness (QED) is 0.801. The second-order valence-electron chi connectivity index (χ2n) is 3.34. The predicted octanol–water partition coefficient (Wildman–Crippen LogP) is 0.855. The first-order chi connectivity index (χ1) is 7.48. The molecular weight excluding hydrogens is 252 g/mol. The maximum Gasteiger partial charge on any atom is 0.263 e. The van der Waals surface area contributed by atoms with Gasteiger partial charge in [0, 0.05) is 23.6 Å². The molecule has 1 heterocycles. The molecule has 1 N–H and O–H groups in total. The Hall–Kier alpha value is -1.27. The van der Waals surface area contributed by atoms with E-state index in [2.05, 4.69) is 5.43 Å². The largest absolute Gasteiger partial charge is 0.284 e. The molecule has 2 rings (SSSR count). The fourth-order valence-electron chi connectivity index (χ4n) is 1.54. The molecule has 0 unspecified atom stereocenters. The summed E-state index contributed by atoms with van der Waals surface area (Å²) in [5.74, 6) is -0.137. The van der Waals surface area contributed by atoms with E-state index >= 15 is 0 Å². The number of rotatable bonds is 2. The number of carbonyl (C=O) groups is 1. The molecule has 1 aromatic carbocycles. The van der Waals surface area contributed by atoms with Gasteiger partial charge in [-0.3, -0.25) is 15.2 Å². The summed E-state index contributed by atoms with van der Waals surface area (Å²) >= 11 is 0.